The normalized spacial score (nSPS) is 12.4. The van der Waals surface area contributed by atoms with Gasteiger partial charge in [-0.25, -0.2) is 4.98 Å². The van der Waals surface area contributed by atoms with Gasteiger partial charge in [-0.15, -0.1) is 11.3 Å². The number of nitrogen functional groups attached to an aromatic ring is 1. The van der Waals surface area contributed by atoms with Crippen LogP contribution in [-0.2, 0) is 0 Å². The number of aryl methyl sites for hydroxylation is 1. The van der Waals surface area contributed by atoms with E-state index < -0.39 is 0 Å². The Bertz CT molecular complexity index is 519. The third kappa shape index (κ3) is 2.58. The Morgan fingerprint density at radius 3 is 2.76 bits per heavy atom. The molecule has 0 saturated carbocycles. The molecule has 0 aliphatic rings. The lowest BCUT2D eigenvalue weighted by Gasteiger charge is -2.15. The van der Waals surface area contributed by atoms with Crippen molar-refractivity contribution < 1.29 is 0 Å². The molecule has 0 bridgehead atoms. The van der Waals surface area contributed by atoms with Crippen molar-refractivity contribution in [2.24, 2.45) is 0 Å². The predicted molar refractivity (Wildman–Crippen MR) is 74.5 cm³/mol. The molecule has 1 aromatic heterocycles. The zero-order valence-electron chi connectivity index (χ0n) is 10.3. The van der Waals surface area contributed by atoms with Crippen LogP contribution < -0.4 is 11.1 Å². The molecule has 0 aliphatic heterocycles. The van der Waals surface area contributed by atoms with E-state index in [4.69, 9.17) is 5.73 Å². The highest BCUT2D eigenvalue weighted by atomic mass is 32.1. The number of aromatic nitrogens is 1. The molecule has 0 aliphatic carbocycles. The molecular weight excluding hydrogens is 230 g/mol. The van der Waals surface area contributed by atoms with Crippen molar-refractivity contribution in [2.45, 2.75) is 26.8 Å². The Kier molecular flexibility index (Phi) is 3.33. The summed E-state index contributed by atoms with van der Waals surface area (Å²) >= 11 is 1.72. The van der Waals surface area contributed by atoms with Gasteiger partial charge in [0.2, 0.25) is 0 Å². The van der Waals surface area contributed by atoms with Crippen LogP contribution in [0, 0.1) is 13.8 Å². The highest BCUT2D eigenvalue weighted by molar-refractivity contribution is 7.11. The van der Waals surface area contributed by atoms with Crippen LogP contribution in [0.15, 0.2) is 24.4 Å². The molecule has 1 atom stereocenters. The van der Waals surface area contributed by atoms with E-state index in [0.29, 0.717) is 0 Å². The largest absolute Gasteiger partial charge is 0.398 e. The molecule has 0 radical (unpaired) electrons. The van der Waals surface area contributed by atoms with Crippen molar-refractivity contribution in [3.8, 4) is 0 Å². The van der Waals surface area contributed by atoms with E-state index in [-0.39, 0.29) is 6.04 Å². The van der Waals surface area contributed by atoms with Crippen LogP contribution >= 0.6 is 11.3 Å². The first-order valence-corrected chi connectivity index (χ1v) is 6.43. The molecule has 1 heterocycles. The Labute approximate surface area is 106 Å². The molecule has 4 heteroatoms. The van der Waals surface area contributed by atoms with Gasteiger partial charge in [-0.05, 0) is 38.5 Å². The lowest BCUT2D eigenvalue weighted by molar-refractivity contribution is 0.868. The van der Waals surface area contributed by atoms with Gasteiger partial charge < -0.3 is 11.1 Å². The first kappa shape index (κ1) is 11.9. The van der Waals surface area contributed by atoms with Gasteiger partial charge in [0, 0.05) is 22.4 Å². The summed E-state index contributed by atoms with van der Waals surface area (Å²) in [5, 5.41) is 4.55. The molecule has 3 N–H and O–H groups in total. The number of benzene rings is 1. The van der Waals surface area contributed by atoms with Gasteiger partial charge in [0.25, 0.3) is 0 Å². The van der Waals surface area contributed by atoms with Crippen LogP contribution in [-0.4, -0.2) is 4.98 Å². The smallest absolute Gasteiger partial charge is 0.115 e. The van der Waals surface area contributed by atoms with E-state index in [0.717, 1.165) is 21.9 Å². The van der Waals surface area contributed by atoms with E-state index in [1.165, 1.54) is 4.88 Å². The fourth-order valence-corrected chi connectivity index (χ4v) is 2.45. The minimum Gasteiger partial charge on any atom is -0.398 e. The molecule has 3 nitrogen and oxygen atoms in total. The fourth-order valence-electron chi connectivity index (χ4n) is 1.68. The van der Waals surface area contributed by atoms with Crippen LogP contribution in [0.4, 0.5) is 11.4 Å². The zero-order valence-corrected chi connectivity index (χ0v) is 11.1. The number of hydrogen-bond donors (Lipinski definition) is 2. The summed E-state index contributed by atoms with van der Waals surface area (Å²) in [6, 6.07) is 6.13. The van der Waals surface area contributed by atoms with Crippen LogP contribution in [0.2, 0.25) is 0 Å². The van der Waals surface area contributed by atoms with Gasteiger partial charge >= 0.3 is 0 Å². The molecule has 0 spiro atoms. The Morgan fingerprint density at radius 2 is 2.12 bits per heavy atom. The zero-order chi connectivity index (χ0) is 12.4. The van der Waals surface area contributed by atoms with Gasteiger partial charge in [0.1, 0.15) is 5.01 Å². The molecule has 90 valence electrons. The summed E-state index contributed by atoms with van der Waals surface area (Å²) in [6.07, 6.45) is 1.91. The molecule has 0 fully saturated rings. The Balaban J connectivity index is 2.18. The second-order valence-electron chi connectivity index (χ2n) is 4.19. The summed E-state index contributed by atoms with van der Waals surface area (Å²) in [5.41, 5.74) is 8.87. The molecule has 17 heavy (non-hydrogen) atoms. The fraction of sp³-hybridized carbons (Fsp3) is 0.308. The second-order valence-corrected chi connectivity index (χ2v) is 5.46. The molecule has 1 aromatic carbocycles. The van der Waals surface area contributed by atoms with Crippen molar-refractivity contribution >= 4 is 22.7 Å². The van der Waals surface area contributed by atoms with E-state index in [1.54, 1.807) is 11.3 Å². The first-order chi connectivity index (χ1) is 8.08. The molecule has 1 unspecified atom stereocenters. The molecular formula is C13H17N3S. The maximum Gasteiger partial charge on any atom is 0.115 e. The van der Waals surface area contributed by atoms with E-state index >= 15 is 0 Å². The molecule has 0 amide bonds. The highest BCUT2D eigenvalue weighted by Gasteiger charge is 2.10. The maximum absolute atomic E-state index is 5.89. The summed E-state index contributed by atoms with van der Waals surface area (Å²) in [4.78, 5) is 5.62. The highest BCUT2D eigenvalue weighted by Crippen LogP contribution is 2.27. The topological polar surface area (TPSA) is 50.9 Å². The average molecular weight is 247 g/mol. The van der Waals surface area contributed by atoms with E-state index in [2.05, 4.69) is 24.1 Å². The van der Waals surface area contributed by atoms with Gasteiger partial charge in [-0.1, -0.05) is 6.07 Å². The van der Waals surface area contributed by atoms with Crippen molar-refractivity contribution in [1.29, 1.82) is 0 Å². The van der Waals surface area contributed by atoms with Gasteiger partial charge in [-0.3, -0.25) is 0 Å². The first-order valence-electron chi connectivity index (χ1n) is 5.62. The summed E-state index contributed by atoms with van der Waals surface area (Å²) in [5.74, 6) is 0. The number of nitrogens with two attached hydrogens (primary N) is 1. The van der Waals surface area contributed by atoms with E-state index in [1.807, 2.05) is 31.3 Å². The number of thiazole rings is 1. The van der Waals surface area contributed by atoms with Crippen LogP contribution in [0.25, 0.3) is 0 Å². The minimum atomic E-state index is 0.203. The lowest BCUT2D eigenvalue weighted by Crippen LogP contribution is -2.08. The SMILES string of the molecule is Cc1cnc(C(C)Nc2cccc(N)c2C)s1. The number of hydrogen-bond acceptors (Lipinski definition) is 4. The van der Waals surface area contributed by atoms with Crippen molar-refractivity contribution in [1.82, 2.24) is 4.98 Å². The van der Waals surface area contributed by atoms with E-state index in [9.17, 15) is 0 Å². The third-order valence-corrected chi connectivity index (χ3v) is 3.85. The van der Waals surface area contributed by atoms with Gasteiger partial charge in [0.15, 0.2) is 0 Å². The van der Waals surface area contributed by atoms with Crippen LogP contribution in [0.1, 0.15) is 28.4 Å². The number of nitrogens with one attached hydrogen (secondary N) is 1. The molecule has 0 saturated heterocycles. The summed E-state index contributed by atoms with van der Waals surface area (Å²) in [6.45, 7) is 6.21. The number of anilines is 2. The van der Waals surface area contributed by atoms with Crippen molar-refractivity contribution in [3.63, 3.8) is 0 Å². The standard InChI is InChI=1S/C13H17N3S/c1-8-7-15-13(17-8)10(3)16-12-6-4-5-11(14)9(12)2/h4-7,10,16H,14H2,1-3H3. The molecule has 2 rings (SSSR count). The Hall–Kier alpha value is -1.55. The van der Waals surface area contributed by atoms with Gasteiger partial charge in [-0.2, -0.15) is 0 Å². The maximum atomic E-state index is 5.89. The number of rotatable bonds is 3. The summed E-state index contributed by atoms with van der Waals surface area (Å²) in [7, 11) is 0. The minimum absolute atomic E-state index is 0.203. The summed E-state index contributed by atoms with van der Waals surface area (Å²) < 4.78 is 0. The predicted octanol–water partition coefficient (Wildman–Crippen LogP) is 3.52. The molecule has 2 aromatic rings. The quantitative estimate of drug-likeness (QED) is 0.816. The lowest BCUT2D eigenvalue weighted by atomic mass is 10.1. The van der Waals surface area contributed by atoms with Gasteiger partial charge in [0.05, 0.1) is 6.04 Å². The number of nitrogens with zero attached hydrogens (tertiary/aromatic N) is 1. The van der Waals surface area contributed by atoms with Crippen LogP contribution in [0.5, 0.6) is 0 Å². The average Bonchev–Trinajstić information content (AvgIpc) is 2.72. The monoisotopic (exact) mass is 247 g/mol. The van der Waals surface area contributed by atoms with Crippen molar-refractivity contribution in [3.05, 3.63) is 39.8 Å². The van der Waals surface area contributed by atoms with Crippen LogP contribution in [0.3, 0.4) is 0 Å². The second kappa shape index (κ2) is 4.75. The Morgan fingerprint density at radius 1 is 1.35 bits per heavy atom. The van der Waals surface area contributed by atoms with Crippen molar-refractivity contribution in [2.75, 3.05) is 11.1 Å². The third-order valence-electron chi connectivity index (χ3n) is 2.76.